The molecule has 1 aliphatic heterocycles. The summed E-state index contributed by atoms with van der Waals surface area (Å²) in [6.07, 6.45) is 2.12. The van der Waals surface area contributed by atoms with Crippen LogP contribution in [0.15, 0.2) is 17.5 Å². The summed E-state index contributed by atoms with van der Waals surface area (Å²) >= 11 is 1.65. The van der Waals surface area contributed by atoms with Crippen molar-refractivity contribution in [1.29, 1.82) is 0 Å². The van der Waals surface area contributed by atoms with E-state index in [1.807, 2.05) is 6.92 Å². The van der Waals surface area contributed by atoms with Gasteiger partial charge in [0.25, 0.3) is 5.69 Å². The van der Waals surface area contributed by atoms with Crippen LogP contribution in [-0.4, -0.2) is 21.4 Å². The maximum Gasteiger partial charge on any atom is 0.290 e. The van der Waals surface area contributed by atoms with Gasteiger partial charge in [0.05, 0.1) is 21.7 Å². The van der Waals surface area contributed by atoms with Gasteiger partial charge in [0.15, 0.2) is 0 Å². The Morgan fingerprint density at radius 2 is 2.19 bits per heavy atom. The molecule has 0 N–H and O–H groups in total. The smallest absolute Gasteiger partial charge is 0.290 e. The molecule has 7 heteroatoms. The Morgan fingerprint density at radius 3 is 2.81 bits per heavy atom. The van der Waals surface area contributed by atoms with Crippen molar-refractivity contribution >= 4 is 22.8 Å². The normalized spacial score (nSPS) is 18.2. The van der Waals surface area contributed by atoms with Crippen LogP contribution in [0.1, 0.15) is 35.3 Å². The molecule has 3 rings (SSSR count). The van der Waals surface area contributed by atoms with Crippen LogP contribution in [0.5, 0.6) is 0 Å². The van der Waals surface area contributed by atoms with E-state index in [0.717, 1.165) is 35.9 Å². The van der Waals surface area contributed by atoms with Gasteiger partial charge < -0.3 is 4.90 Å². The van der Waals surface area contributed by atoms with Crippen molar-refractivity contribution in [2.45, 2.75) is 32.7 Å². The molecular formula is C14H16N4O2S. The van der Waals surface area contributed by atoms with Crippen molar-refractivity contribution in [2.75, 3.05) is 11.4 Å². The van der Waals surface area contributed by atoms with Gasteiger partial charge in [0.2, 0.25) is 0 Å². The van der Waals surface area contributed by atoms with E-state index >= 15 is 0 Å². The molecule has 21 heavy (non-hydrogen) atoms. The van der Waals surface area contributed by atoms with E-state index in [1.165, 1.54) is 0 Å². The lowest BCUT2D eigenvalue weighted by Gasteiger charge is -2.24. The summed E-state index contributed by atoms with van der Waals surface area (Å²) in [5.74, 6) is 0.797. The molecular weight excluding hydrogens is 288 g/mol. The van der Waals surface area contributed by atoms with Gasteiger partial charge in [-0.2, -0.15) is 0 Å². The first kappa shape index (κ1) is 13.9. The minimum atomic E-state index is -0.391. The summed E-state index contributed by atoms with van der Waals surface area (Å²) in [6, 6.07) is 3.51. The summed E-state index contributed by atoms with van der Waals surface area (Å²) in [4.78, 5) is 21.7. The minimum Gasteiger partial charge on any atom is -0.348 e. The average Bonchev–Trinajstić information content (AvgIpc) is 3.06. The highest BCUT2D eigenvalue weighted by molar-refractivity contribution is 7.09. The molecule has 110 valence electrons. The van der Waals surface area contributed by atoms with Crippen LogP contribution in [-0.2, 0) is 0 Å². The fourth-order valence-corrected chi connectivity index (χ4v) is 3.43. The molecule has 0 unspecified atom stereocenters. The molecule has 0 bridgehead atoms. The van der Waals surface area contributed by atoms with Gasteiger partial charge in [-0.1, -0.05) is 0 Å². The number of hydrogen-bond acceptors (Lipinski definition) is 6. The fourth-order valence-electron chi connectivity index (χ4n) is 2.77. The number of aromatic nitrogens is 2. The Kier molecular flexibility index (Phi) is 3.59. The van der Waals surface area contributed by atoms with E-state index in [0.29, 0.717) is 5.69 Å². The lowest BCUT2D eigenvalue weighted by Crippen LogP contribution is -2.24. The maximum atomic E-state index is 10.9. The quantitative estimate of drug-likeness (QED) is 0.642. The first-order valence-electron chi connectivity index (χ1n) is 6.87. The average molecular weight is 304 g/mol. The van der Waals surface area contributed by atoms with Crippen molar-refractivity contribution in [3.05, 3.63) is 44.0 Å². The molecule has 0 aromatic carbocycles. The Morgan fingerprint density at radius 1 is 1.38 bits per heavy atom. The van der Waals surface area contributed by atoms with Crippen LogP contribution in [0.3, 0.4) is 0 Å². The van der Waals surface area contributed by atoms with Gasteiger partial charge in [-0.3, -0.25) is 10.1 Å². The Labute approximate surface area is 126 Å². The number of nitrogens with zero attached hydrogens (tertiary/aromatic N) is 4. The second-order valence-electron chi connectivity index (χ2n) is 5.17. The highest BCUT2D eigenvalue weighted by Crippen LogP contribution is 2.36. The van der Waals surface area contributed by atoms with Gasteiger partial charge in [-0.05, 0) is 32.8 Å². The lowest BCUT2D eigenvalue weighted by molar-refractivity contribution is -0.385. The molecule has 0 radical (unpaired) electrons. The van der Waals surface area contributed by atoms with Crippen LogP contribution >= 0.6 is 11.3 Å². The third-order valence-corrected chi connectivity index (χ3v) is 4.56. The van der Waals surface area contributed by atoms with Crippen LogP contribution in [0.4, 0.5) is 11.5 Å². The second-order valence-corrected chi connectivity index (χ2v) is 6.24. The van der Waals surface area contributed by atoms with Gasteiger partial charge in [0.1, 0.15) is 11.5 Å². The van der Waals surface area contributed by atoms with E-state index < -0.39 is 4.92 Å². The summed E-state index contributed by atoms with van der Waals surface area (Å²) < 4.78 is 0. The summed E-state index contributed by atoms with van der Waals surface area (Å²) in [6.45, 7) is 4.59. The molecule has 2 aromatic rings. The molecule has 6 nitrogen and oxygen atoms in total. The van der Waals surface area contributed by atoms with Crippen molar-refractivity contribution < 1.29 is 4.92 Å². The van der Waals surface area contributed by atoms with Crippen molar-refractivity contribution in [3.63, 3.8) is 0 Å². The molecule has 0 amide bonds. The Hall–Kier alpha value is -2.02. The van der Waals surface area contributed by atoms with Gasteiger partial charge in [-0.15, -0.1) is 11.3 Å². The summed E-state index contributed by atoms with van der Waals surface area (Å²) in [5.41, 5.74) is 1.60. The Bertz CT molecular complexity index is 685. The van der Waals surface area contributed by atoms with Crippen LogP contribution in [0, 0.1) is 24.0 Å². The highest BCUT2D eigenvalue weighted by Gasteiger charge is 2.29. The Balaban J connectivity index is 1.92. The highest BCUT2D eigenvalue weighted by atomic mass is 32.1. The monoisotopic (exact) mass is 304 g/mol. The predicted octanol–water partition coefficient (Wildman–Crippen LogP) is 3.40. The topological polar surface area (TPSA) is 72.2 Å². The maximum absolute atomic E-state index is 10.9. The zero-order valence-electron chi connectivity index (χ0n) is 11.9. The summed E-state index contributed by atoms with van der Waals surface area (Å²) in [5, 5.41) is 14.0. The molecule has 0 saturated carbocycles. The SMILES string of the molecule is Cc1nc([C@@H]2CCCN2c2ccc([N+](=O)[O-])c(C)n2)cs1. The number of anilines is 1. The number of thiazole rings is 1. The standard InChI is InChI=1S/C14H16N4O2S/c1-9-12(18(19)20)5-6-14(15-9)17-7-3-4-13(17)11-8-21-10(2)16-11/h5-6,8,13H,3-4,7H2,1-2H3/t13-/m0/s1. The zero-order valence-corrected chi connectivity index (χ0v) is 12.8. The van der Waals surface area contributed by atoms with Crippen molar-refractivity contribution in [1.82, 2.24) is 9.97 Å². The fraction of sp³-hybridized carbons (Fsp3) is 0.429. The molecule has 1 atom stereocenters. The lowest BCUT2D eigenvalue weighted by atomic mass is 10.1. The first-order valence-corrected chi connectivity index (χ1v) is 7.75. The van der Waals surface area contributed by atoms with Crippen LogP contribution in [0.25, 0.3) is 0 Å². The van der Waals surface area contributed by atoms with Crippen LogP contribution < -0.4 is 4.90 Å². The van der Waals surface area contributed by atoms with Crippen molar-refractivity contribution in [3.8, 4) is 0 Å². The molecule has 2 aromatic heterocycles. The van der Waals surface area contributed by atoms with Crippen LogP contribution in [0.2, 0.25) is 0 Å². The minimum absolute atomic E-state index is 0.0685. The molecule has 3 heterocycles. The molecule has 0 spiro atoms. The number of rotatable bonds is 3. The molecule has 1 fully saturated rings. The number of aryl methyl sites for hydroxylation is 2. The molecule has 0 aliphatic carbocycles. The molecule has 1 saturated heterocycles. The van der Waals surface area contributed by atoms with E-state index in [1.54, 1.807) is 30.4 Å². The van der Waals surface area contributed by atoms with Gasteiger partial charge in [-0.25, -0.2) is 9.97 Å². The number of pyridine rings is 1. The largest absolute Gasteiger partial charge is 0.348 e. The van der Waals surface area contributed by atoms with Gasteiger partial charge >= 0.3 is 0 Å². The first-order chi connectivity index (χ1) is 10.1. The number of nitro groups is 1. The van der Waals surface area contributed by atoms with E-state index in [-0.39, 0.29) is 11.7 Å². The molecule has 1 aliphatic rings. The summed E-state index contributed by atoms with van der Waals surface area (Å²) in [7, 11) is 0. The van der Waals surface area contributed by atoms with E-state index in [2.05, 4.69) is 20.2 Å². The zero-order chi connectivity index (χ0) is 15.0. The van der Waals surface area contributed by atoms with Gasteiger partial charge in [0, 0.05) is 18.0 Å². The van der Waals surface area contributed by atoms with Crippen molar-refractivity contribution in [2.24, 2.45) is 0 Å². The number of hydrogen-bond donors (Lipinski definition) is 0. The third-order valence-electron chi connectivity index (χ3n) is 3.77. The van der Waals surface area contributed by atoms with E-state index in [9.17, 15) is 10.1 Å². The second kappa shape index (κ2) is 5.40. The van der Waals surface area contributed by atoms with E-state index in [4.69, 9.17) is 0 Å². The third kappa shape index (κ3) is 2.61. The predicted molar refractivity (Wildman–Crippen MR) is 81.8 cm³/mol.